The van der Waals surface area contributed by atoms with Gasteiger partial charge in [-0.05, 0) is 24.5 Å². The SMILES string of the molecule is CC(CN1CCOCC1)NCC1OCCc2ccccc21. The first-order valence-corrected chi connectivity index (χ1v) is 8.06. The van der Waals surface area contributed by atoms with Crippen LogP contribution in [-0.4, -0.2) is 56.9 Å². The Kier molecular flexibility index (Phi) is 5.25. The van der Waals surface area contributed by atoms with E-state index >= 15 is 0 Å². The van der Waals surface area contributed by atoms with Gasteiger partial charge in [-0.1, -0.05) is 24.3 Å². The molecule has 0 amide bonds. The predicted molar refractivity (Wildman–Crippen MR) is 83.6 cm³/mol. The Morgan fingerprint density at radius 1 is 1.24 bits per heavy atom. The van der Waals surface area contributed by atoms with Crippen molar-refractivity contribution < 1.29 is 9.47 Å². The van der Waals surface area contributed by atoms with E-state index in [0.29, 0.717) is 6.04 Å². The number of fused-ring (bicyclic) bond motifs is 1. The lowest BCUT2D eigenvalue weighted by Crippen LogP contribution is -2.45. The Morgan fingerprint density at radius 2 is 2.05 bits per heavy atom. The van der Waals surface area contributed by atoms with Gasteiger partial charge in [-0.25, -0.2) is 0 Å². The largest absolute Gasteiger partial charge is 0.379 e. The molecule has 2 heterocycles. The maximum atomic E-state index is 5.95. The summed E-state index contributed by atoms with van der Waals surface area (Å²) in [5.74, 6) is 0. The smallest absolute Gasteiger partial charge is 0.0952 e. The second-order valence-electron chi connectivity index (χ2n) is 6.03. The van der Waals surface area contributed by atoms with Gasteiger partial charge in [0.1, 0.15) is 0 Å². The molecule has 0 saturated carbocycles. The minimum Gasteiger partial charge on any atom is -0.379 e. The quantitative estimate of drug-likeness (QED) is 0.893. The second kappa shape index (κ2) is 7.36. The highest BCUT2D eigenvalue weighted by atomic mass is 16.5. The molecule has 1 fully saturated rings. The molecule has 1 aromatic rings. The van der Waals surface area contributed by atoms with Crippen LogP contribution in [0.2, 0.25) is 0 Å². The van der Waals surface area contributed by atoms with Crippen molar-refractivity contribution in [1.29, 1.82) is 0 Å². The molecule has 4 nitrogen and oxygen atoms in total. The summed E-state index contributed by atoms with van der Waals surface area (Å²) in [5, 5.41) is 3.63. The van der Waals surface area contributed by atoms with Crippen LogP contribution in [0.1, 0.15) is 24.2 Å². The van der Waals surface area contributed by atoms with Crippen molar-refractivity contribution in [2.24, 2.45) is 0 Å². The Labute approximate surface area is 127 Å². The third-order valence-corrected chi connectivity index (χ3v) is 4.38. The van der Waals surface area contributed by atoms with Gasteiger partial charge in [0.25, 0.3) is 0 Å². The van der Waals surface area contributed by atoms with Crippen molar-refractivity contribution in [3.05, 3.63) is 35.4 Å². The molecule has 0 radical (unpaired) electrons. The third-order valence-electron chi connectivity index (χ3n) is 4.38. The molecule has 2 aliphatic heterocycles. The lowest BCUT2D eigenvalue weighted by Gasteiger charge is -2.31. The summed E-state index contributed by atoms with van der Waals surface area (Å²) in [6, 6.07) is 9.13. The van der Waals surface area contributed by atoms with Crippen molar-refractivity contribution in [3.8, 4) is 0 Å². The molecule has 4 heteroatoms. The minimum absolute atomic E-state index is 0.196. The fourth-order valence-electron chi connectivity index (χ4n) is 3.19. The lowest BCUT2D eigenvalue weighted by molar-refractivity contribution is 0.0274. The molecule has 0 spiro atoms. The summed E-state index contributed by atoms with van der Waals surface area (Å²) in [6.45, 7) is 8.90. The van der Waals surface area contributed by atoms with Crippen LogP contribution < -0.4 is 5.32 Å². The standard InChI is InChI=1S/C17H26N2O2/c1-14(13-19-7-10-20-11-8-19)18-12-17-16-5-3-2-4-15(16)6-9-21-17/h2-5,14,17-18H,6-13H2,1H3. The fourth-order valence-corrected chi connectivity index (χ4v) is 3.19. The Morgan fingerprint density at radius 3 is 2.90 bits per heavy atom. The average molecular weight is 290 g/mol. The number of benzene rings is 1. The molecule has 0 bridgehead atoms. The number of nitrogens with one attached hydrogen (secondary N) is 1. The summed E-state index contributed by atoms with van der Waals surface area (Å²) in [6.07, 6.45) is 1.23. The topological polar surface area (TPSA) is 33.7 Å². The summed E-state index contributed by atoms with van der Waals surface area (Å²) in [4.78, 5) is 2.47. The number of hydrogen-bond donors (Lipinski definition) is 1. The summed E-state index contributed by atoms with van der Waals surface area (Å²) < 4.78 is 11.3. The molecule has 1 aromatic carbocycles. The summed E-state index contributed by atoms with van der Waals surface area (Å²) in [5.41, 5.74) is 2.80. The number of morpholine rings is 1. The summed E-state index contributed by atoms with van der Waals surface area (Å²) in [7, 11) is 0. The van der Waals surface area contributed by atoms with E-state index in [-0.39, 0.29) is 6.10 Å². The second-order valence-corrected chi connectivity index (χ2v) is 6.03. The van der Waals surface area contributed by atoms with Gasteiger partial charge in [-0.15, -0.1) is 0 Å². The fraction of sp³-hybridized carbons (Fsp3) is 0.647. The Bertz CT molecular complexity index is 446. The maximum Gasteiger partial charge on any atom is 0.0952 e. The molecule has 21 heavy (non-hydrogen) atoms. The Hall–Kier alpha value is -0.940. The van der Waals surface area contributed by atoms with Crippen molar-refractivity contribution in [1.82, 2.24) is 10.2 Å². The monoisotopic (exact) mass is 290 g/mol. The van der Waals surface area contributed by atoms with E-state index in [4.69, 9.17) is 9.47 Å². The molecule has 1 N–H and O–H groups in total. The van der Waals surface area contributed by atoms with Crippen LogP contribution in [0.5, 0.6) is 0 Å². The van der Waals surface area contributed by atoms with Crippen LogP contribution in [0, 0.1) is 0 Å². The highest BCUT2D eigenvalue weighted by Crippen LogP contribution is 2.26. The molecule has 2 atom stereocenters. The van der Waals surface area contributed by atoms with Gasteiger partial charge in [0.2, 0.25) is 0 Å². The van der Waals surface area contributed by atoms with Crippen LogP contribution in [0.25, 0.3) is 0 Å². The van der Waals surface area contributed by atoms with Gasteiger partial charge in [-0.2, -0.15) is 0 Å². The molecular formula is C17H26N2O2. The van der Waals surface area contributed by atoms with Crippen molar-refractivity contribution in [2.45, 2.75) is 25.5 Å². The van der Waals surface area contributed by atoms with Crippen LogP contribution >= 0.6 is 0 Å². The molecule has 3 rings (SSSR count). The summed E-state index contributed by atoms with van der Waals surface area (Å²) >= 11 is 0. The molecule has 0 aliphatic carbocycles. The highest BCUT2D eigenvalue weighted by molar-refractivity contribution is 5.31. The van der Waals surface area contributed by atoms with E-state index in [9.17, 15) is 0 Å². The van der Waals surface area contributed by atoms with Crippen LogP contribution in [-0.2, 0) is 15.9 Å². The number of nitrogens with zero attached hydrogens (tertiary/aromatic N) is 1. The molecular weight excluding hydrogens is 264 g/mol. The first-order chi connectivity index (χ1) is 10.3. The van der Waals surface area contributed by atoms with Crippen LogP contribution in [0.15, 0.2) is 24.3 Å². The molecule has 116 valence electrons. The van der Waals surface area contributed by atoms with E-state index in [0.717, 1.165) is 52.4 Å². The molecule has 1 saturated heterocycles. The minimum atomic E-state index is 0.196. The van der Waals surface area contributed by atoms with Gasteiger partial charge >= 0.3 is 0 Å². The van der Waals surface area contributed by atoms with E-state index < -0.39 is 0 Å². The van der Waals surface area contributed by atoms with Crippen molar-refractivity contribution >= 4 is 0 Å². The molecule has 2 aliphatic rings. The van der Waals surface area contributed by atoms with Crippen molar-refractivity contribution in [2.75, 3.05) is 46.0 Å². The highest BCUT2D eigenvalue weighted by Gasteiger charge is 2.21. The molecule has 2 unspecified atom stereocenters. The van der Waals surface area contributed by atoms with Crippen molar-refractivity contribution in [3.63, 3.8) is 0 Å². The maximum absolute atomic E-state index is 5.95. The van der Waals surface area contributed by atoms with Gasteiger partial charge in [0, 0.05) is 32.2 Å². The predicted octanol–water partition coefficient (Wildman–Crippen LogP) is 1.61. The zero-order chi connectivity index (χ0) is 14.5. The van der Waals surface area contributed by atoms with Gasteiger partial charge in [0.05, 0.1) is 25.9 Å². The van der Waals surface area contributed by atoms with Gasteiger partial charge < -0.3 is 14.8 Å². The van der Waals surface area contributed by atoms with E-state index in [2.05, 4.69) is 41.4 Å². The average Bonchev–Trinajstić information content (AvgIpc) is 2.54. The first-order valence-electron chi connectivity index (χ1n) is 8.06. The van der Waals surface area contributed by atoms with Gasteiger partial charge in [-0.3, -0.25) is 4.90 Å². The Balaban J connectivity index is 1.49. The number of hydrogen-bond acceptors (Lipinski definition) is 4. The van der Waals surface area contributed by atoms with Crippen LogP contribution in [0.4, 0.5) is 0 Å². The first kappa shape index (κ1) is 15.0. The number of ether oxygens (including phenoxy) is 2. The zero-order valence-corrected chi connectivity index (χ0v) is 12.9. The van der Waals surface area contributed by atoms with Gasteiger partial charge in [0.15, 0.2) is 0 Å². The zero-order valence-electron chi connectivity index (χ0n) is 12.9. The normalized spacial score (nSPS) is 24.5. The third kappa shape index (κ3) is 4.04. The molecule has 0 aromatic heterocycles. The van der Waals surface area contributed by atoms with E-state index in [1.807, 2.05) is 0 Å². The lowest BCUT2D eigenvalue weighted by atomic mass is 9.97. The van der Waals surface area contributed by atoms with E-state index in [1.165, 1.54) is 11.1 Å². The number of rotatable bonds is 5. The van der Waals surface area contributed by atoms with Crippen LogP contribution in [0.3, 0.4) is 0 Å². The van der Waals surface area contributed by atoms with E-state index in [1.54, 1.807) is 0 Å².